The molecule has 17 heavy (non-hydrogen) atoms. The molecule has 1 saturated heterocycles. The number of nitrogens with zero attached hydrogens (tertiary/aromatic N) is 1. The summed E-state index contributed by atoms with van der Waals surface area (Å²) in [6, 6.07) is 0.270. The highest BCUT2D eigenvalue weighted by molar-refractivity contribution is 5.81. The Hall–Kier alpha value is -0.870. The second-order valence-corrected chi connectivity index (χ2v) is 5.09. The molecule has 0 radical (unpaired) electrons. The summed E-state index contributed by atoms with van der Waals surface area (Å²) in [5.74, 6) is 0.195. The number of amides is 1. The Morgan fingerprint density at radius 2 is 2.29 bits per heavy atom. The van der Waals surface area contributed by atoms with Crippen molar-refractivity contribution in [1.82, 2.24) is 4.90 Å². The molecule has 2 N–H and O–H groups in total. The fourth-order valence-electron chi connectivity index (χ4n) is 2.58. The molecule has 0 aromatic rings. The highest BCUT2D eigenvalue weighted by Gasteiger charge is 2.34. The van der Waals surface area contributed by atoms with E-state index >= 15 is 0 Å². The third-order valence-electron chi connectivity index (χ3n) is 3.66. The highest BCUT2D eigenvalue weighted by atomic mass is 16.5. The number of carbonyl (C=O) groups excluding carboxylic acids is 1. The fraction of sp³-hybridized carbons (Fsp3) is 0.769. The average Bonchev–Trinajstić information content (AvgIpc) is 2.75. The van der Waals surface area contributed by atoms with Crippen LogP contribution in [0.25, 0.3) is 0 Å². The minimum atomic E-state index is -0.0238. The van der Waals surface area contributed by atoms with Gasteiger partial charge in [0.05, 0.1) is 24.7 Å². The van der Waals surface area contributed by atoms with Gasteiger partial charge in [0.25, 0.3) is 0 Å². The maximum Gasteiger partial charge on any atom is 0.229 e. The third kappa shape index (κ3) is 2.69. The van der Waals surface area contributed by atoms with E-state index in [4.69, 9.17) is 10.5 Å². The number of hydrogen-bond donors (Lipinski definition) is 1. The Morgan fingerprint density at radius 1 is 1.53 bits per heavy atom. The molecule has 4 atom stereocenters. The van der Waals surface area contributed by atoms with Gasteiger partial charge in [-0.25, -0.2) is 0 Å². The van der Waals surface area contributed by atoms with Crippen LogP contribution < -0.4 is 5.73 Å². The molecule has 4 nitrogen and oxygen atoms in total. The molecule has 1 aliphatic heterocycles. The number of carbonyl (C=O) groups is 1. The second-order valence-electron chi connectivity index (χ2n) is 5.09. The Bertz CT molecular complexity index is 317. The number of ether oxygens (including phenoxy) is 1. The lowest BCUT2D eigenvalue weighted by Crippen LogP contribution is -2.52. The van der Waals surface area contributed by atoms with Crippen LogP contribution in [0.5, 0.6) is 0 Å². The molecule has 96 valence electrons. The molecule has 1 aliphatic carbocycles. The van der Waals surface area contributed by atoms with Gasteiger partial charge in [-0.3, -0.25) is 4.79 Å². The Labute approximate surface area is 103 Å². The van der Waals surface area contributed by atoms with Gasteiger partial charge in [0.2, 0.25) is 5.91 Å². The van der Waals surface area contributed by atoms with Gasteiger partial charge in [-0.1, -0.05) is 19.1 Å². The first-order valence-electron chi connectivity index (χ1n) is 6.47. The molecule has 1 amide bonds. The molecular formula is C13H22N2O2. The smallest absolute Gasteiger partial charge is 0.229 e. The van der Waals surface area contributed by atoms with E-state index in [1.807, 2.05) is 24.0 Å². The summed E-state index contributed by atoms with van der Waals surface area (Å²) in [6.45, 7) is 5.48. The first-order chi connectivity index (χ1) is 8.11. The quantitative estimate of drug-likeness (QED) is 0.728. The maximum atomic E-state index is 12.4. The van der Waals surface area contributed by atoms with Crippen LogP contribution in [0, 0.1) is 5.92 Å². The molecule has 2 rings (SSSR count). The zero-order chi connectivity index (χ0) is 12.4. The molecule has 4 heteroatoms. The van der Waals surface area contributed by atoms with Crippen LogP contribution in [-0.2, 0) is 9.53 Å². The van der Waals surface area contributed by atoms with Gasteiger partial charge < -0.3 is 15.4 Å². The van der Waals surface area contributed by atoms with E-state index in [2.05, 4.69) is 6.92 Å². The SMILES string of the molecule is CCC1COC(C)CN1C(=O)C1C=CC(N)C1. The van der Waals surface area contributed by atoms with Crippen molar-refractivity contribution in [3.05, 3.63) is 12.2 Å². The lowest BCUT2D eigenvalue weighted by atomic mass is 10.0. The van der Waals surface area contributed by atoms with Crippen molar-refractivity contribution in [1.29, 1.82) is 0 Å². The molecule has 0 aromatic carbocycles. The molecule has 1 heterocycles. The van der Waals surface area contributed by atoms with E-state index in [0.717, 1.165) is 12.8 Å². The predicted octanol–water partition coefficient (Wildman–Crippen LogP) is 0.916. The summed E-state index contributed by atoms with van der Waals surface area (Å²) in [4.78, 5) is 14.4. The summed E-state index contributed by atoms with van der Waals surface area (Å²) < 4.78 is 5.61. The Balaban J connectivity index is 2.03. The predicted molar refractivity (Wildman–Crippen MR) is 66.4 cm³/mol. The molecule has 0 saturated carbocycles. The van der Waals surface area contributed by atoms with Crippen molar-refractivity contribution in [2.75, 3.05) is 13.2 Å². The van der Waals surface area contributed by atoms with Gasteiger partial charge in [-0.05, 0) is 19.8 Å². The maximum absolute atomic E-state index is 12.4. The van der Waals surface area contributed by atoms with Crippen molar-refractivity contribution in [3.63, 3.8) is 0 Å². The van der Waals surface area contributed by atoms with Crippen molar-refractivity contribution >= 4 is 5.91 Å². The van der Waals surface area contributed by atoms with Crippen molar-refractivity contribution in [3.8, 4) is 0 Å². The first kappa shape index (κ1) is 12.6. The normalized spacial score (nSPS) is 37.5. The average molecular weight is 238 g/mol. The van der Waals surface area contributed by atoms with Crippen LogP contribution >= 0.6 is 0 Å². The van der Waals surface area contributed by atoms with E-state index in [1.165, 1.54) is 0 Å². The van der Waals surface area contributed by atoms with Crippen LogP contribution in [0.2, 0.25) is 0 Å². The largest absolute Gasteiger partial charge is 0.375 e. The van der Waals surface area contributed by atoms with Gasteiger partial charge in [0, 0.05) is 12.6 Å². The monoisotopic (exact) mass is 238 g/mol. The lowest BCUT2D eigenvalue weighted by molar-refractivity contribution is -0.147. The third-order valence-corrected chi connectivity index (χ3v) is 3.66. The molecule has 4 unspecified atom stereocenters. The highest BCUT2D eigenvalue weighted by Crippen LogP contribution is 2.23. The minimum absolute atomic E-state index is 0.0238. The molecule has 0 aromatic heterocycles. The Morgan fingerprint density at radius 3 is 2.88 bits per heavy atom. The first-order valence-corrected chi connectivity index (χ1v) is 6.47. The summed E-state index contributed by atoms with van der Waals surface area (Å²) in [7, 11) is 0. The van der Waals surface area contributed by atoms with Crippen molar-refractivity contribution < 1.29 is 9.53 Å². The van der Waals surface area contributed by atoms with Crippen LogP contribution in [0.1, 0.15) is 26.7 Å². The number of morpholine rings is 1. The molecule has 0 bridgehead atoms. The van der Waals surface area contributed by atoms with Gasteiger partial charge in [0.1, 0.15) is 0 Å². The van der Waals surface area contributed by atoms with Crippen LogP contribution in [0.3, 0.4) is 0 Å². The summed E-state index contributed by atoms with van der Waals surface area (Å²) in [6.07, 6.45) is 5.73. The summed E-state index contributed by atoms with van der Waals surface area (Å²) in [5.41, 5.74) is 5.80. The Kier molecular flexibility index (Phi) is 3.84. The lowest BCUT2D eigenvalue weighted by Gasteiger charge is -2.39. The number of hydrogen-bond acceptors (Lipinski definition) is 3. The summed E-state index contributed by atoms with van der Waals surface area (Å²) >= 11 is 0. The van der Waals surface area contributed by atoms with Crippen LogP contribution in [0.15, 0.2) is 12.2 Å². The van der Waals surface area contributed by atoms with E-state index in [9.17, 15) is 4.79 Å². The number of rotatable bonds is 2. The zero-order valence-corrected chi connectivity index (χ0v) is 10.6. The molecule has 1 fully saturated rings. The van der Waals surface area contributed by atoms with Gasteiger partial charge >= 0.3 is 0 Å². The van der Waals surface area contributed by atoms with Crippen LogP contribution in [0.4, 0.5) is 0 Å². The standard InChI is InChI=1S/C13H22N2O2/c1-3-12-8-17-9(2)7-15(12)13(16)10-4-5-11(14)6-10/h4-5,9-12H,3,6-8,14H2,1-2H3. The number of nitrogens with two attached hydrogens (primary N) is 1. The topological polar surface area (TPSA) is 55.6 Å². The van der Waals surface area contributed by atoms with Crippen molar-refractivity contribution in [2.45, 2.75) is 44.9 Å². The van der Waals surface area contributed by atoms with Gasteiger partial charge in [0.15, 0.2) is 0 Å². The van der Waals surface area contributed by atoms with E-state index in [-0.39, 0.29) is 30.0 Å². The fourth-order valence-corrected chi connectivity index (χ4v) is 2.58. The van der Waals surface area contributed by atoms with E-state index in [1.54, 1.807) is 0 Å². The minimum Gasteiger partial charge on any atom is -0.375 e. The molecular weight excluding hydrogens is 216 g/mol. The summed E-state index contributed by atoms with van der Waals surface area (Å²) in [5, 5.41) is 0. The molecule has 0 spiro atoms. The second kappa shape index (κ2) is 5.19. The molecule has 2 aliphatic rings. The van der Waals surface area contributed by atoms with E-state index in [0.29, 0.717) is 13.2 Å². The van der Waals surface area contributed by atoms with Gasteiger partial charge in [-0.15, -0.1) is 0 Å². The van der Waals surface area contributed by atoms with Crippen molar-refractivity contribution in [2.24, 2.45) is 11.7 Å². The zero-order valence-electron chi connectivity index (χ0n) is 10.6. The van der Waals surface area contributed by atoms with Crippen LogP contribution in [-0.4, -0.2) is 42.1 Å². The van der Waals surface area contributed by atoms with E-state index < -0.39 is 0 Å². The van der Waals surface area contributed by atoms with Gasteiger partial charge in [-0.2, -0.15) is 0 Å².